The van der Waals surface area contributed by atoms with Crippen molar-refractivity contribution >= 4 is 40.8 Å². The first kappa shape index (κ1) is 22.7. The number of carbonyl (C=O) groups excluding carboxylic acids is 3. The van der Waals surface area contributed by atoms with E-state index < -0.39 is 23.4 Å². The minimum atomic E-state index is -0.828. The van der Waals surface area contributed by atoms with E-state index in [4.69, 9.17) is 4.74 Å². The number of ether oxygens (including phenoxy) is 1. The highest BCUT2D eigenvalue weighted by Gasteiger charge is 2.26. The van der Waals surface area contributed by atoms with Crippen molar-refractivity contribution in [2.24, 2.45) is 4.99 Å². The first-order valence-electron chi connectivity index (χ1n) is 9.83. The molecule has 0 spiro atoms. The number of benzene rings is 2. The Morgan fingerprint density at radius 3 is 2.47 bits per heavy atom. The Morgan fingerprint density at radius 2 is 1.81 bits per heavy atom. The van der Waals surface area contributed by atoms with Crippen LogP contribution in [0.15, 0.2) is 47.5 Å². The van der Waals surface area contributed by atoms with Crippen LogP contribution < -0.4 is 21.1 Å². The first-order chi connectivity index (χ1) is 15.0. The molecule has 32 heavy (non-hydrogen) atoms. The van der Waals surface area contributed by atoms with Gasteiger partial charge in [-0.2, -0.15) is 0 Å². The number of anilines is 3. The molecule has 2 aromatic carbocycles. The molecule has 2 aromatic rings. The summed E-state index contributed by atoms with van der Waals surface area (Å²) in [5, 5.41) is 6.12. The van der Waals surface area contributed by atoms with Crippen LogP contribution in [0.5, 0.6) is 0 Å². The lowest BCUT2D eigenvalue weighted by Crippen LogP contribution is -2.54. The molecule has 0 saturated heterocycles. The molecular weight excluding hydrogens is 417 g/mol. The summed E-state index contributed by atoms with van der Waals surface area (Å²) in [5.74, 6) is -1.74. The Morgan fingerprint density at radius 1 is 1.12 bits per heavy atom. The second kappa shape index (κ2) is 9.04. The Hall–Kier alpha value is -3.95. The van der Waals surface area contributed by atoms with Gasteiger partial charge in [-0.3, -0.25) is 25.3 Å². The summed E-state index contributed by atoms with van der Waals surface area (Å²) in [7, 11) is 0. The van der Waals surface area contributed by atoms with Crippen molar-refractivity contribution < 1.29 is 23.5 Å². The number of amides is 3. The fourth-order valence-corrected chi connectivity index (χ4v) is 2.75. The van der Waals surface area contributed by atoms with E-state index in [0.717, 1.165) is 11.6 Å². The minimum Gasteiger partial charge on any atom is -0.444 e. The first-order valence-corrected chi connectivity index (χ1v) is 9.83. The van der Waals surface area contributed by atoms with Gasteiger partial charge in [0.25, 0.3) is 11.8 Å². The van der Waals surface area contributed by atoms with Crippen LogP contribution in [-0.2, 0) is 14.3 Å². The molecule has 0 saturated carbocycles. The van der Waals surface area contributed by atoms with Gasteiger partial charge < -0.3 is 10.1 Å². The molecule has 3 rings (SSSR count). The number of aliphatic imine (C=N–C) groups is 1. The van der Waals surface area contributed by atoms with Gasteiger partial charge in [-0.05, 0) is 58.0 Å². The second-order valence-electron chi connectivity index (χ2n) is 8.12. The van der Waals surface area contributed by atoms with E-state index in [9.17, 15) is 18.8 Å². The molecule has 0 bridgehead atoms. The van der Waals surface area contributed by atoms with E-state index in [0.29, 0.717) is 5.69 Å². The third kappa shape index (κ3) is 5.81. The van der Waals surface area contributed by atoms with Gasteiger partial charge in [0.2, 0.25) is 5.84 Å². The molecule has 10 heteroatoms. The monoisotopic (exact) mass is 441 g/mol. The number of halogens is 1. The summed E-state index contributed by atoms with van der Waals surface area (Å²) in [4.78, 5) is 40.8. The average molecular weight is 441 g/mol. The van der Waals surface area contributed by atoms with E-state index >= 15 is 0 Å². The van der Waals surface area contributed by atoms with Crippen molar-refractivity contribution in [1.82, 2.24) is 5.43 Å². The molecule has 1 aliphatic heterocycles. The Balaban J connectivity index is 1.70. The molecule has 9 nitrogen and oxygen atoms in total. The number of nitrogens with one attached hydrogen (secondary N) is 3. The van der Waals surface area contributed by atoms with E-state index in [1.165, 1.54) is 17.1 Å². The molecule has 0 unspecified atom stereocenters. The van der Waals surface area contributed by atoms with E-state index in [-0.39, 0.29) is 29.7 Å². The van der Waals surface area contributed by atoms with Crippen molar-refractivity contribution in [3.8, 4) is 0 Å². The van der Waals surface area contributed by atoms with E-state index in [1.807, 2.05) is 19.1 Å². The topological polar surface area (TPSA) is 112 Å². The number of hydrogen-bond acceptors (Lipinski definition) is 6. The maximum absolute atomic E-state index is 14.1. The van der Waals surface area contributed by atoms with Crippen molar-refractivity contribution in [3.63, 3.8) is 0 Å². The minimum absolute atomic E-state index is 0.0869. The maximum Gasteiger partial charge on any atom is 0.412 e. The number of rotatable bonds is 4. The van der Waals surface area contributed by atoms with Crippen molar-refractivity contribution in [1.29, 1.82) is 0 Å². The molecule has 3 amide bonds. The molecule has 0 aliphatic carbocycles. The van der Waals surface area contributed by atoms with Crippen LogP contribution >= 0.6 is 0 Å². The summed E-state index contributed by atoms with van der Waals surface area (Å²) in [5.41, 5.74) is 3.59. The Bertz CT molecular complexity index is 1080. The van der Waals surface area contributed by atoms with Crippen LogP contribution in [0.25, 0.3) is 0 Å². The lowest BCUT2D eigenvalue weighted by Gasteiger charge is -2.27. The summed E-state index contributed by atoms with van der Waals surface area (Å²) < 4.78 is 19.2. The van der Waals surface area contributed by atoms with Gasteiger partial charge in [-0.25, -0.2) is 14.2 Å². The van der Waals surface area contributed by atoms with Gasteiger partial charge in [0.1, 0.15) is 18.0 Å². The van der Waals surface area contributed by atoms with Gasteiger partial charge in [0.15, 0.2) is 0 Å². The van der Waals surface area contributed by atoms with Gasteiger partial charge in [-0.15, -0.1) is 0 Å². The second-order valence-corrected chi connectivity index (χ2v) is 8.12. The third-order valence-electron chi connectivity index (χ3n) is 4.21. The smallest absolute Gasteiger partial charge is 0.412 e. The lowest BCUT2D eigenvalue weighted by molar-refractivity contribution is -0.118. The van der Waals surface area contributed by atoms with Gasteiger partial charge >= 0.3 is 6.09 Å². The third-order valence-corrected chi connectivity index (χ3v) is 4.21. The van der Waals surface area contributed by atoms with Crippen LogP contribution in [0, 0.1) is 12.7 Å². The zero-order valence-corrected chi connectivity index (χ0v) is 18.2. The van der Waals surface area contributed by atoms with Crippen LogP contribution in [0.2, 0.25) is 0 Å². The van der Waals surface area contributed by atoms with E-state index in [1.54, 1.807) is 32.9 Å². The highest BCUT2D eigenvalue weighted by Crippen LogP contribution is 2.21. The quantitative estimate of drug-likeness (QED) is 0.674. The van der Waals surface area contributed by atoms with Crippen LogP contribution in [-0.4, -0.2) is 35.9 Å². The van der Waals surface area contributed by atoms with Gasteiger partial charge in [0.05, 0.1) is 11.4 Å². The largest absolute Gasteiger partial charge is 0.444 e. The van der Waals surface area contributed by atoms with Crippen molar-refractivity contribution in [2.75, 3.05) is 22.2 Å². The van der Waals surface area contributed by atoms with Crippen molar-refractivity contribution in [2.45, 2.75) is 33.3 Å². The summed E-state index contributed by atoms with van der Waals surface area (Å²) >= 11 is 0. The zero-order chi connectivity index (χ0) is 23.5. The molecule has 0 aromatic heterocycles. The molecule has 0 atom stereocenters. The van der Waals surface area contributed by atoms with Crippen LogP contribution in [0.3, 0.4) is 0 Å². The standard InChI is InChI=1S/C22H24FN5O4/c1-13-5-8-15(9-6-13)28-18(29)12-24-19(27-28)20(30)25-14-7-10-16(23)17(11-14)26-21(31)32-22(2,3)4/h5-11H,12H2,1-4H3,(H,24,27)(H,25,30)(H,26,31). The van der Waals surface area contributed by atoms with E-state index in [2.05, 4.69) is 21.1 Å². The number of amidine groups is 1. The fourth-order valence-electron chi connectivity index (χ4n) is 2.75. The average Bonchev–Trinajstić information content (AvgIpc) is 2.70. The SMILES string of the molecule is Cc1ccc(N2NC(C(=O)Nc3ccc(F)c(NC(=O)OC(C)(C)C)c3)=NCC2=O)cc1. The molecule has 0 fully saturated rings. The molecule has 3 N–H and O–H groups in total. The number of carbonyl (C=O) groups is 3. The van der Waals surface area contributed by atoms with Crippen LogP contribution in [0.1, 0.15) is 26.3 Å². The summed E-state index contributed by atoms with van der Waals surface area (Å²) in [6.45, 7) is 6.76. The summed E-state index contributed by atoms with van der Waals surface area (Å²) in [6.07, 6.45) is -0.828. The molecule has 1 heterocycles. The number of aryl methyl sites for hydroxylation is 1. The fraction of sp³-hybridized carbons (Fsp3) is 0.273. The zero-order valence-electron chi connectivity index (χ0n) is 18.2. The number of hydrazine groups is 1. The number of nitrogens with zero attached hydrogens (tertiary/aromatic N) is 2. The highest BCUT2D eigenvalue weighted by atomic mass is 19.1. The maximum atomic E-state index is 14.1. The molecule has 1 aliphatic rings. The molecule has 168 valence electrons. The predicted molar refractivity (Wildman–Crippen MR) is 119 cm³/mol. The van der Waals surface area contributed by atoms with Crippen LogP contribution in [0.4, 0.5) is 26.2 Å². The Labute approximate surface area is 184 Å². The highest BCUT2D eigenvalue weighted by molar-refractivity contribution is 6.43. The predicted octanol–water partition coefficient (Wildman–Crippen LogP) is 3.37. The summed E-state index contributed by atoms with van der Waals surface area (Å²) in [6, 6.07) is 10.9. The lowest BCUT2D eigenvalue weighted by atomic mass is 10.2. The normalized spacial score (nSPS) is 13.7. The number of hydrogen-bond donors (Lipinski definition) is 3. The van der Waals surface area contributed by atoms with Gasteiger partial charge in [-0.1, -0.05) is 17.7 Å². The van der Waals surface area contributed by atoms with Crippen molar-refractivity contribution in [3.05, 3.63) is 53.8 Å². The molecular formula is C22H24FN5O4. The van der Waals surface area contributed by atoms with Gasteiger partial charge in [0, 0.05) is 5.69 Å². The Kier molecular flexibility index (Phi) is 6.42. The molecule has 0 radical (unpaired) electrons.